The zero-order valence-electron chi connectivity index (χ0n) is 79.0. The monoisotopic (exact) mass is 1780 g/mol. The molecule has 0 amide bonds. The smallest absolute Gasteiger partial charge is 0.463 e. The van der Waals surface area contributed by atoms with Crippen molar-refractivity contribution in [2.24, 2.45) is 0 Å². The predicted octanol–water partition coefficient (Wildman–Crippen LogP) is 31.3. The zero-order chi connectivity index (χ0) is 90.7. The summed E-state index contributed by atoms with van der Waals surface area (Å²) in [4.78, 5) is 59.2. The molecule has 0 spiro atoms. The molecule has 0 aliphatic heterocycles. The van der Waals surface area contributed by atoms with Gasteiger partial charge in [-0.05, 0) is 167 Å². The van der Waals surface area contributed by atoms with Crippen molar-refractivity contribution in [3.8, 4) is 0 Å². The van der Waals surface area contributed by atoms with Gasteiger partial charge in [-0.2, -0.15) is 0 Å². The lowest BCUT2D eigenvalue weighted by Crippen LogP contribution is -2.30. The summed E-state index contributed by atoms with van der Waals surface area (Å²) in [5, 5.41) is 20.8. The van der Waals surface area contributed by atoms with Crippen molar-refractivity contribution in [1.82, 2.24) is 0 Å². The number of carbonyl (C=O) groups is 3. The van der Waals surface area contributed by atoms with Crippen molar-refractivity contribution in [1.29, 1.82) is 0 Å². The van der Waals surface area contributed by atoms with Crippen molar-refractivity contribution in [3.05, 3.63) is 194 Å². The number of aliphatic hydroxyl groups excluding tert-OH is 2. The standard InChI is InChI=1S/C107H180O16P2/c1-4-7-10-13-16-19-22-25-28-31-34-37-40-42-44-46-48-50-52-54-56-58-61-63-66-69-72-75-78-81-84-87-90-93-105(110)117-96-102(108)97-119-124(113,114)120-98-103(109)99-121-125(115,116)122-101-104(123-107(112)95-92-89-86-83-80-77-74-71-68-65-60-39-36-33-30-27-24-21-18-15-12-9-6-3)100-118-106(111)94-91-88-85-82-79-76-73-70-67-64-62-59-57-55-53-51-49-47-45-43-41-38-35-32-29-26-23-20-17-14-11-8-5-2/h7-8,10-11,16-21,25-30,34-39,42-45,48-51,65,68,102-104,108-109H,4-6,9,12-15,22-24,31-33,40-41,46-47,52-64,66-67,69-101H2,1-3H3,(H,113,114)(H,115,116)/b10-7-,11-8-,19-16-,20-17-,21-18-,28-25-,29-26-,30-27-,37-34-,38-35-,39-36-,44-42-,45-43-,50-48-,51-49-,68-65-. The molecule has 4 N–H and O–H groups in total. The summed E-state index contributed by atoms with van der Waals surface area (Å²) in [5.74, 6) is -1.58. The predicted molar refractivity (Wildman–Crippen MR) is 528 cm³/mol. The highest BCUT2D eigenvalue weighted by Crippen LogP contribution is 2.45. The van der Waals surface area contributed by atoms with Gasteiger partial charge in [0.2, 0.25) is 0 Å². The number of ether oxygens (including phenoxy) is 3. The fourth-order valence-electron chi connectivity index (χ4n) is 13.3. The first-order chi connectivity index (χ1) is 61.2. The first-order valence-electron chi connectivity index (χ1n) is 49.7. The Balaban J connectivity index is 4.60. The summed E-state index contributed by atoms with van der Waals surface area (Å²) in [6, 6.07) is 0. The van der Waals surface area contributed by atoms with E-state index in [9.17, 15) is 43.5 Å². The Morgan fingerprint density at radius 2 is 0.424 bits per heavy atom. The van der Waals surface area contributed by atoms with Gasteiger partial charge in [0.05, 0.1) is 26.4 Å². The average Bonchev–Trinajstić information content (AvgIpc) is 0.904. The maximum absolute atomic E-state index is 13.1. The Bertz CT molecular complexity index is 3050. The Hall–Kier alpha value is -5.61. The molecule has 16 nitrogen and oxygen atoms in total. The molecular weight excluding hydrogens is 1600 g/mol. The third-order valence-electron chi connectivity index (χ3n) is 20.8. The molecule has 18 heteroatoms. The highest BCUT2D eigenvalue weighted by molar-refractivity contribution is 7.47. The van der Waals surface area contributed by atoms with Crippen LogP contribution in [0.25, 0.3) is 0 Å². The number of phosphoric acid groups is 2. The van der Waals surface area contributed by atoms with Crippen LogP contribution in [-0.4, -0.2) is 95.9 Å². The highest BCUT2D eigenvalue weighted by atomic mass is 31.2. The first kappa shape index (κ1) is 119. The van der Waals surface area contributed by atoms with Crippen LogP contribution in [0.5, 0.6) is 0 Å². The Kier molecular flexibility index (Phi) is 93.1. The van der Waals surface area contributed by atoms with Crippen LogP contribution >= 0.6 is 15.6 Å². The van der Waals surface area contributed by atoms with Gasteiger partial charge in [-0.15, -0.1) is 0 Å². The van der Waals surface area contributed by atoms with Crippen LogP contribution in [-0.2, 0) is 55.8 Å². The van der Waals surface area contributed by atoms with Crippen LogP contribution in [0.3, 0.4) is 0 Å². The molecule has 5 unspecified atom stereocenters. The van der Waals surface area contributed by atoms with E-state index in [0.29, 0.717) is 19.3 Å². The molecule has 0 aliphatic carbocycles. The van der Waals surface area contributed by atoms with Gasteiger partial charge < -0.3 is 34.2 Å². The molecule has 0 rings (SSSR count). The minimum atomic E-state index is -4.95. The van der Waals surface area contributed by atoms with Gasteiger partial charge in [0.25, 0.3) is 0 Å². The van der Waals surface area contributed by atoms with E-state index in [2.05, 4.69) is 215 Å². The summed E-state index contributed by atoms with van der Waals surface area (Å²) >= 11 is 0. The van der Waals surface area contributed by atoms with Gasteiger partial charge in [0.1, 0.15) is 25.4 Å². The van der Waals surface area contributed by atoms with Crippen molar-refractivity contribution in [3.63, 3.8) is 0 Å². The van der Waals surface area contributed by atoms with Gasteiger partial charge in [0.15, 0.2) is 6.10 Å². The second-order valence-electron chi connectivity index (χ2n) is 32.8. The third-order valence-corrected chi connectivity index (χ3v) is 22.7. The minimum Gasteiger partial charge on any atom is -0.463 e. The molecule has 0 aromatic carbocycles. The highest BCUT2D eigenvalue weighted by Gasteiger charge is 2.30. The number of phosphoric ester groups is 2. The Morgan fingerprint density at radius 3 is 0.672 bits per heavy atom. The van der Waals surface area contributed by atoms with Crippen LogP contribution in [0, 0.1) is 0 Å². The van der Waals surface area contributed by atoms with Gasteiger partial charge in [-0.3, -0.25) is 32.5 Å². The fourth-order valence-corrected chi connectivity index (χ4v) is 14.9. The largest absolute Gasteiger partial charge is 0.472 e. The van der Waals surface area contributed by atoms with Crippen LogP contribution in [0.2, 0.25) is 0 Å². The number of carbonyl (C=O) groups excluding carboxylic acids is 3. The normalized spacial score (nSPS) is 14.5. The average molecular weight is 1780 g/mol. The second-order valence-corrected chi connectivity index (χ2v) is 35.7. The fraction of sp³-hybridized carbons (Fsp3) is 0.673. The van der Waals surface area contributed by atoms with Crippen molar-refractivity contribution >= 4 is 33.6 Å². The van der Waals surface area contributed by atoms with Crippen molar-refractivity contribution in [2.45, 2.75) is 424 Å². The van der Waals surface area contributed by atoms with Crippen molar-refractivity contribution in [2.75, 3.05) is 39.6 Å². The maximum Gasteiger partial charge on any atom is 0.472 e. The van der Waals surface area contributed by atoms with Crippen molar-refractivity contribution < 1.29 is 75.8 Å². The lowest BCUT2D eigenvalue weighted by atomic mass is 10.0. The molecule has 5 atom stereocenters. The summed E-state index contributed by atoms with van der Waals surface area (Å²) in [7, 11) is -9.82. The maximum atomic E-state index is 13.1. The Morgan fingerprint density at radius 1 is 0.232 bits per heavy atom. The number of hydrogen-bond donors (Lipinski definition) is 4. The first-order valence-corrected chi connectivity index (χ1v) is 52.7. The summed E-state index contributed by atoms with van der Waals surface area (Å²) < 4.78 is 61.6. The van der Waals surface area contributed by atoms with Gasteiger partial charge in [-0.25, -0.2) is 9.13 Å². The van der Waals surface area contributed by atoms with E-state index >= 15 is 0 Å². The molecule has 0 saturated heterocycles. The molecule has 0 aliphatic rings. The number of unbranched alkanes of at least 4 members (excludes halogenated alkanes) is 38. The quantitative estimate of drug-likeness (QED) is 0.0146. The number of aliphatic hydroxyl groups is 2. The molecule has 714 valence electrons. The zero-order valence-corrected chi connectivity index (χ0v) is 80.7. The summed E-state index contributed by atoms with van der Waals surface area (Å²) in [6.45, 7) is 2.46. The number of hydrogen-bond acceptors (Lipinski definition) is 14. The molecular formula is C107H180O16P2. The molecule has 0 bridgehead atoms. The molecule has 125 heavy (non-hydrogen) atoms. The van der Waals surface area contributed by atoms with Gasteiger partial charge in [0, 0.05) is 19.3 Å². The molecule has 0 aromatic rings. The SMILES string of the molecule is CC/C=C\C/C=C\C/C=C\C/C=C\C/C=C\C/C=C\CCCCCCCCCCCCCCCCC(=O)OCC(O)COP(=O)(O)OCC(O)COP(=O)(O)OCC(COC(=O)CCCCCCCCCCCCCCCC/C=C\C/C=C\C/C=C\C/C=C\C/C=C\C/C=C\CC)OC(=O)CCCCCCCCC/C=C\C/C=C\C/C=C\C/C=C\CCCCC. The van der Waals surface area contributed by atoms with E-state index in [-0.39, 0.29) is 19.3 Å². The number of allylic oxidation sites excluding steroid dienone is 32. The van der Waals surface area contributed by atoms with E-state index in [1.165, 1.54) is 148 Å². The van der Waals surface area contributed by atoms with E-state index in [1.807, 2.05) is 0 Å². The number of rotatable bonds is 93. The second kappa shape index (κ2) is 97.4. The van der Waals surface area contributed by atoms with E-state index in [1.54, 1.807) is 0 Å². The van der Waals surface area contributed by atoms with Crippen LogP contribution in [0.1, 0.15) is 406 Å². The molecule has 0 saturated carbocycles. The molecule has 0 aromatic heterocycles. The topological polar surface area (TPSA) is 231 Å². The van der Waals surface area contributed by atoms with Gasteiger partial charge >= 0.3 is 33.6 Å². The lowest BCUT2D eigenvalue weighted by molar-refractivity contribution is -0.161. The van der Waals surface area contributed by atoms with Crippen LogP contribution in [0.15, 0.2) is 194 Å². The lowest BCUT2D eigenvalue weighted by Gasteiger charge is -2.21. The molecule has 0 fully saturated rings. The van der Waals surface area contributed by atoms with Crippen LogP contribution in [0.4, 0.5) is 0 Å². The third kappa shape index (κ3) is 98.8. The van der Waals surface area contributed by atoms with E-state index < -0.39 is 91.5 Å². The summed E-state index contributed by atoms with van der Waals surface area (Å²) in [6.07, 6.45) is 130. The summed E-state index contributed by atoms with van der Waals surface area (Å²) in [5.41, 5.74) is 0. The minimum absolute atomic E-state index is 0.0880. The van der Waals surface area contributed by atoms with E-state index in [0.717, 1.165) is 199 Å². The van der Waals surface area contributed by atoms with Crippen LogP contribution < -0.4 is 0 Å². The Labute approximate surface area is 763 Å². The molecule has 0 heterocycles. The van der Waals surface area contributed by atoms with Gasteiger partial charge in [-0.1, -0.05) is 414 Å². The molecule has 0 radical (unpaired) electrons. The van der Waals surface area contributed by atoms with E-state index in [4.69, 9.17) is 32.3 Å². The number of esters is 3.